The molecule has 1 aromatic heterocycles. The lowest BCUT2D eigenvalue weighted by molar-refractivity contribution is 0.135. The number of hydrogen-bond donors (Lipinski definition) is 1. The van der Waals surface area contributed by atoms with Crippen LogP contribution >= 0.6 is 11.3 Å². The highest BCUT2D eigenvalue weighted by atomic mass is 32.1. The zero-order chi connectivity index (χ0) is 10.5. The van der Waals surface area contributed by atoms with Crippen LogP contribution in [0.1, 0.15) is 30.6 Å². The lowest BCUT2D eigenvalue weighted by atomic mass is 9.99. The minimum Gasteiger partial charge on any atom is -0.330 e. The molecule has 0 spiro atoms. The van der Waals surface area contributed by atoms with Gasteiger partial charge in [-0.15, -0.1) is 11.3 Å². The van der Waals surface area contributed by atoms with Crippen LogP contribution in [-0.2, 0) is 6.54 Å². The molecule has 1 fully saturated rings. The van der Waals surface area contributed by atoms with E-state index >= 15 is 0 Å². The highest BCUT2D eigenvalue weighted by Gasteiger charge is 2.21. The molecule has 1 unspecified atom stereocenters. The highest BCUT2D eigenvalue weighted by Crippen LogP contribution is 2.22. The summed E-state index contributed by atoms with van der Waals surface area (Å²) in [6.45, 7) is 3.20. The fraction of sp³-hybridized carbons (Fsp3) is 0.667. The van der Waals surface area contributed by atoms with Crippen LogP contribution in [0.2, 0.25) is 0 Å². The zero-order valence-electron chi connectivity index (χ0n) is 9.19. The van der Waals surface area contributed by atoms with E-state index in [9.17, 15) is 0 Å². The second-order valence-electron chi connectivity index (χ2n) is 4.28. The maximum Gasteiger partial charge on any atom is 0.0330 e. The molecule has 0 aliphatic carbocycles. The van der Waals surface area contributed by atoms with Crippen LogP contribution in [0.5, 0.6) is 0 Å². The fourth-order valence-electron chi connectivity index (χ4n) is 2.39. The average molecular weight is 224 g/mol. The maximum absolute atomic E-state index is 5.67. The number of hydrogen-bond acceptors (Lipinski definition) is 3. The summed E-state index contributed by atoms with van der Waals surface area (Å²) in [4.78, 5) is 4.10. The highest BCUT2D eigenvalue weighted by molar-refractivity contribution is 7.09. The van der Waals surface area contributed by atoms with E-state index < -0.39 is 0 Å². The van der Waals surface area contributed by atoms with Crippen LogP contribution in [0.4, 0.5) is 0 Å². The predicted molar refractivity (Wildman–Crippen MR) is 66.0 cm³/mol. The van der Waals surface area contributed by atoms with Gasteiger partial charge in [0.25, 0.3) is 0 Å². The van der Waals surface area contributed by atoms with E-state index in [1.165, 1.54) is 30.7 Å². The Labute approximate surface area is 96.1 Å². The number of thiophene rings is 1. The molecule has 2 nitrogen and oxygen atoms in total. The lowest BCUT2D eigenvalue weighted by Gasteiger charge is -2.35. The monoisotopic (exact) mass is 224 g/mol. The third-order valence-electron chi connectivity index (χ3n) is 3.19. The van der Waals surface area contributed by atoms with Crippen molar-refractivity contribution in [3.63, 3.8) is 0 Å². The number of likely N-dealkylation sites (tertiary alicyclic amines) is 1. The summed E-state index contributed by atoms with van der Waals surface area (Å²) in [5.41, 5.74) is 5.67. The van der Waals surface area contributed by atoms with E-state index in [0.29, 0.717) is 0 Å². The Morgan fingerprint density at radius 1 is 1.47 bits per heavy atom. The second-order valence-corrected chi connectivity index (χ2v) is 5.31. The van der Waals surface area contributed by atoms with Crippen LogP contribution in [0.25, 0.3) is 0 Å². The standard InChI is InChI=1S/C12H20N2S/c13-7-6-11-4-1-2-8-14(11)10-12-5-3-9-15-12/h3,5,9,11H,1-2,4,6-8,10,13H2. The lowest BCUT2D eigenvalue weighted by Crippen LogP contribution is -2.39. The van der Waals surface area contributed by atoms with Crippen molar-refractivity contribution < 1.29 is 0 Å². The second kappa shape index (κ2) is 5.64. The zero-order valence-corrected chi connectivity index (χ0v) is 10.0. The minimum atomic E-state index is 0.728. The Balaban J connectivity index is 1.92. The van der Waals surface area contributed by atoms with Crippen molar-refractivity contribution >= 4 is 11.3 Å². The summed E-state index contributed by atoms with van der Waals surface area (Å²) in [5.74, 6) is 0. The summed E-state index contributed by atoms with van der Waals surface area (Å²) >= 11 is 1.86. The first-order valence-electron chi connectivity index (χ1n) is 5.86. The van der Waals surface area contributed by atoms with E-state index in [4.69, 9.17) is 5.73 Å². The van der Waals surface area contributed by atoms with Gasteiger partial charge in [-0.1, -0.05) is 12.5 Å². The summed E-state index contributed by atoms with van der Waals surface area (Å²) in [6.07, 6.45) is 5.23. The minimum absolute atomic E-state index is 0.728. The molecule has 1 aliphatic heterocycles. The number of rotatable bonds is 4. The summed E-state index contributed by atoms with van der Waals surface area (Å²) in [7, 11) is 0. The molecular weight excluding hydrogens is 204 g/mol. The van der Waals surface area contributed by atoms with E-state index in [1.807, 2.05) is 11.3 Å². The van der Waals surface area contributed by atoms with Crippen molar-refractivity contribution in [2.45, 2.75) is 38.3 Å². The van der Waals surface area contributed by atoms with E-state index in [1.54, 1.807) is 0 Å². The van der Waals surface area contributed by atoms with Crippen LogP contribution in [0, 0.1) is 0 Å². The molecule has 2 rings (SSSR count). The first kappa shape index (κ1) is 11.1. The molecule has 0 saturated carbocycles. The topological polar surface area (TPSA) is 29.3 Å². The Morgan fingerprint density at radius 3 is 3.13 bits per heavy atom. The van der Waals surface area contributed by atoms with Crippen molar-refractivity contribution in [3.05, 3.63) is 22.4 Å². The van der Waals surface area contributed by atoms with Gasteiger partial charge in [0, 0.05) is 17.5 Å². The number of nitrogens with zero attached hydrogens (tertiary/aromatic N) is 1. The van der Waals surface area contributed by atoms with Gasteiger partial charge in [-0.2, -0.15) is 0 Å². The third kappa shape index (κ3) is 3.03. The largest absolute Gasteiger partial charge is 0.330 e. The molecule has 0 amide bonds. The van der Waals surface area contributed by atoms with Crippen molar-refractivity contribution in [1.82, 2.24) is 4.90 Å². The number of piperidine rings is 1. The molecule has 0 aromatic carbocycles. The summed E-state index contributed by atoms with van der Waals surface area (Å²) < 4.78 is 0. The van der Waals surface area contributed by atoms with Gasteiger partial charge < -0.3 is 5.73 Å². The van der Waals surface area contributed by atoms with Crippen molar-refractivity contribution in [2.24, 2.45) is 5.73 Å². The van der Waals surface area contributed by atoms with Crippen LogP contribution in [-0.4, -0.2) is 24.0 Å². The van der Waals surface area contributed by atoms with Gasteiger partial charge in [0.1, 0.15) is 0 Å². The summed E-state index contributed by atoms with van der Waals surface area (Å²) in [5, 5.41) is 2.16. The van der Waals surface area contributed by atoms with Crippen LogP contribution in [0.3, 0.4) is 0 Å². The van der Waals surface area contributed by atoms with Crippen molar-refractivity contribution in [1.29, 1.82) is 0 Å². The van der Waals surface area contributed by atoms with Crippen molar-refractivity contribution in [3.8, 4) is 0 Å². The van der Waals surface area contributed by atoms with Gasteiger partial charge in [-0.3, -0.25) is 4.90 Å². The van der Waals surface area contributed by atoms with Gasteiger partial charge in [-0.25, -0.2) is 0 Å². The van der Waals surface area contributed by atoms with Crippen LogP contribution < -0.4 is 5.73 Å². The smallest absolute Gasteiger partial charge is 0.0330 e. The Kier molecular flexibility index (Phi) is 4.18. The molecule has 1 aliphatic rings. The normalized spacial score (nSPS) is 23.1. The first-order chi connectivity index (χ1) is 7.40. The molecule has 1 saturated heterocycles. The van der Waals surface area contributed by atoms with E-state index in [-0.39, 0.29) is 0 Å². The maximum atomic E-state index is 5.67. The predicted octanol–water partition coefficient (Wildman–Crippen LogP) is 2.45. The van der Waals surface area contributed by atoms with Gasteiger partial charge in [0.15, 0.2) is 0 Å². The third-order valence-corrected chi connectivity index (χ3v) is 4.05. The Morgan fingerprint density at radius 2 is 2.40 bits per heavy atom. The molecule has 0 bridgehead atoms. The van der Waals surface area contributed by atoms with Gasteiger partial charge in [-0.05, 0) is 43.8 Å². The van der Waals surface area contributed by atoms with Gasteiger partial charge in [0.05, 0.1) is 0 Å². The summed E-state index contributed by atoms with van der Waals surface area (Å²) in [6, 6.07) is 5.10. The first-order valence-corrected chi connectivity index (χ1v) is 6.74. The number of nitrogens with two attached hydrogens (primary N) is 1. The quantitative estimate of drug-likeness (QED) is 0.851. The molecule has 3 heteroatoms. The molecule has 1 atom stereocenters. The molecular formula is C12H20N2S. The molecule has 2 heterocycles. The molecule has 2 N–H and O–H groups in total. The fourth-order valence-corrected chi connectivity index (χ4v) is 3.12. The van der Waals surface area contributed by atoms with E-state index in [0.717, 1.165) is 25.6 Å². The van der Waals surface area contributed by atoms with Crippen molar-refractivity contribution in [2.75, 3.05) is 13.1 Å². The molecule has 1 aromatic rings. The van der Waals surface area contributed by atoms with Gasteiger partial charge >= 0.3 is 0 Å². The molecule has 15 heavy (non-hydrogen) atoms. The Hall–Kier alpha value is -0.380. The van der Waals surface area contributed by atoms with E-state index in [2.05, 4.69) is 22.4 Å². The SMILES string of the molecule is NCCC1CCCCN1Cc1cccs1. The molecule has 0 radical (unpaired) electrons. The van der Waals surface area contributed by atoms with Crippen LogP contribution in [0.15, 0.2) is 17.5 Å². The molecule has 84 valence electrons. The van der Waals surface area contributed by atoms with Gasteiger partial charge in [0.2, 0.25) is 0 Å². The Bertz CT molecular complexity index is 269. The average Bonchev–Trinajstić information content (AvgIpc) is 2.74.